The maximum atomic E-state index is 14.0. The minimum atomic E-state index is -1.25. The van der Waals surface area contributed by atoms with Gasteiger partial charge in [0.1, 0.15) is 5.78 Å². The average Bonchev–Trinajstić information content (AvgIpc) is 3.23. The number of primary amides is 1. The fourth-order valence-corrected chi connectivity index (χ4v) is 7.81. The molecule has 0 spiro atoms. The van der Waals surface area contributed by atoms with E-state index in [1.807, 2.05) is 27.7 Å². The molecule has 15 heteroatoms. The van der Waals surface area contributed by atoms with Gasteiger partial charge in [0.25, 0.3) is 0 Å². The summed E-state index contributed by atoms with van der Waals surface area (Å²) in [7, 11) is 1.42. The number of amides is 4. The third-order valence-corrected chi connectivity index (χ3v) is 12.1. The van der Waals surface area contributed by atoms with E-state index in [0.29, 0.717) is 19.3 Å². The van der Waals surface area contributed by atoms with E-state index < -0.39 is 103 Å². The number of nitrogens with zero attached hydrogens (tertiary/aromatic N) is 1. The molecule has 0 heterocycles. The topological polar surface area (TPSA) is 256 Å². The Morgan fingerprint density at radius 3 is 1.48 bits per heavy atom. The van der Waals surface area contributed by atoms with Crippen LogP contribution in [0.25, 0.3) is 0 Å². The van der Waals surface area contributed by atoms with Crippen molar-refractivity contribution in [1.29, 1.82) is 0 Å². The predicted molar refractivity (Wildman–Crippen MR) is 250 cm³/mol. The Balaban J connectivity index is 5.91. The smallest absolute Gasteiger partial charge is 0.228 e. The fourth-order valence-electron chi connectivity index (χ4n) is 7.81. The second kappa shape index (κ2) is 33.9. The largest absolute Gasteiger partial charge is 0.396 e. The standard InChI is InChI=1S/C49H89N5O10/c1-10-12-14-16-18-20-22-38(50)42(57)28-36(30-55)48(63)53-40(24-32(3)4)44(59)29-37(31-56)49(64)54(9)41(25-33(5)6)45(60)27-35(8)47(62)52-39(23-21-19-17-15-13-11-2)43(58)26-34(7)46(51)61/h32-41,55-56H,10-31,50H2,1-9H3,(H2,51,61)(H,52,62)(H,53,63). The van der Waals surface area contributed by atoms with Crippen LogP contribution in [0, 0.1) is 35.5 Å². The average molecular weight is 908 g/mol. The van der Waals surface area contributed by atoms with Gasteiger partial charge in [0.15, 0.2) is 17.3 Å². The number of hydrogen-bond donors (Lipinski definition) is 6. The zero-order valence-corrected chi connectivity index (χ0v) is 41.1. The van der Waals surface area contributed by atoms with Gasteiger partial charge in [-0.2, -0.15) is 0 Å². The molecular weight excluding hydrogens is 819 g/mol. The number of aliphatic hydroxyl groups excluding tert-OH is 2. The predicted octanol–water partition coefficient (Wildman–Crippen LogP) is 5.52. The van der Waals surface area contributed by atoms with Crippen molar-refractivity contribution in [1.82, 2.24) is 15.5 Å². The Labute approximate surface area is 385 Å². The molecule has 0 saturated heterocycles. The molecule has 8 N–H and O–H groups in total. The van der Waals surface area contributed by atoms with Gasteiger partial charge in [-0.15, -0.1) is 0 Å². The van der Waals surface area contributed by atoms with Crippen molar-refractivity contribution in [2.45, 2.75) is 208 Å². The highest BCUT2D eigenvalue weighted by molar-refractivity contribution is 5.97. The van der Waals surface area contributed by atoms with Gasteiger partial charge < -0.3 is 37.2 Å². The highest BCUT2D eigenvalue weighted by atomic mass is 16.3. The lowest BCUT2D eigenvalue weighted by molar-refractivity contribution is -0.145. The summed E-state index contributed by atoms with van der Waals surface area (Å²) < 4.78 is 0. The van der Waals surface area contributed by atoms with Gasteiger partial charge >= 0.3 is 0 Å². The van der Waals surface area contributed by atoms with Crippen LogP contribution < -0.4 is 22.1 Å². The number of Topliss-reactive ketones (excluding diaryl/α,β-unsaturated/α-hetero) is 4. The summed E-state index contributed by atoms with van der Waals surface area (Å²) in [5, 5.41) is 26.0. The molecule has 0 aromatic carbocycles. The molecule has 370 valence electrons. The normalized spacial score (nSPS) is 15.3. The van der Waals surface area contributed by atoms with Crippen LogP contribution >= 0.6 is 0 Å². The summed E-state index contributed by atoms with van der Waals surface area (Å²) in [4.78, 5) is 108. The summed E-state index contributed by atoms with van der Waals surface area (Å²) in [5.74, 6) is -8.16. The number of unbranched alkanes of at least 4 members (excludes halogenated alkanes) is 10. The van der Waals surface area contributed by atoms with Crippen LogP contribution in [-0.2, 0) is 38.4 Å². The SMILES string of the molecule is CCCCCCCCC(N)C(=O)CC(CO)C(=O)NC(CC(C)C)C(=O)CC(CO)C(=O)N(C)C(CC(C)C)C(=O)CC(C)C(=O)NC(CCCCCCCC)C(=O)CC(C)C(N)=O. The summed E-state index contributed by atoms with van der Waals surface area (Å²) in [6, 6.07) is -3.70. The monoisotopic (exact) mass is 908 g/mol. The molecule has 0 rings (SSSR count). The number of ketones is 4. The molecule has 8 unspecified atom stereocenters. The van der Waals surface area contributed by atoms with Gasteiger partial charge in [-0.25, -0.2) is 0 Å². The molecule has 0 radical (unpaired) electrons. The van der Waals surface area contributed by atoms with Crippen LogP contribution in [0.1, 0.15) is 184 Å². The third-order valence-electron chi connectivity index (χ3n) is 12.1. The van der Waals surface area contributed by atoms with E-state index in [4.69, 9.17) is 11.5 Å². The van der Waals surface area contributed by atoms with Crippen LogP contribution in [0.15, 0.2) is 0 Å². The van der Waals surface area contributed by atoms with E-state index in [0.717, 1.165) is 70.6 Å². The Bertz CT molecular complexity index is 1440. The van der Waals surface area contributed by atoms with E-state index in [1.165, 1.54) is 11.9 Å². The van der Waals surface area contributed by atoms with Crippen LogP contribution in [0.4, 0.5) is 0 Å². The lowest BCUT2D eigenvalue weighted by Gasteiger charge is -2.32. The molecule has 8 atom stereocenters. The molecule has 0 aromatic heterocycles. The number of hydrogen-bond acceptors (Lipinski definition) is 11. The molecule has 64 heavy (non-hydrogen) atoms. The van der Waals surface area contributed by atoms with Crippen molar-refractivity contribution in [3.05, 3.63) is 0 Å². The molecule has 0 aromatic rings. The first-order valence-corrected chi connectivity index (χ1v) is 24.4. The second-order valence-corrected chi connectivity index (χ2v) is 19.2. The number of rotatable bonds is 39. The van der Waals surface area contributed by atoms with Gasteiger partial charge in [0.2, 0.25) is 23.6 Å². The minimum absolute atomic E-state index is 0.0591. The van der Waals surface area contributed by atoms with Crippen LogP contribution in [0.3, 0.4) is 0 Å². The quantitative estimate of drug-likeness (QED) is 0.0419. The lowest BCUT2D eigenvalue weighted by Crippen LogP contribution is -2.50. The summed E-state index contributed by atoms with van der Waals surface area (Å²) in [6.07, 6.45) is 12.3. The van der Waals surface area contributed by atoms with Gasteiger partial charge in [0.05, 0.1) is 49.2 Å². The molecule has 4 amide bonds. The Morgan fingerprint density at radius 2 is 0.984 bits per heavy atom. The Kier molecular flexibility index (Phi) is 32.0. The van der Waals surface area contributed by atoms with Crippen molar-refractivity contribution in [3.8, 4) is 0 Å². The van der Waals surface area contributed by atoms with E-state index in [9.17, 15) is 48.6 Å². The van der Waals surface area contributed by atoms with Crippen molar-refractivity contribution in [3.63, 3.8) is 0 Å². The molecule has 0 aliphatic rings. The minimum Gasteiger partial charge on any atom is -0.396 e. The molecule has 0 fully saturated rings. The first-order chi connectivity index (χ1) is 30.1. The lowest BCUT2D eigenvalue weighted by atomic mass is 9.89. The van der Waals surface area contributed by atoms with Crippen molar-refractivity contribution < 1.29 is 48.6 Å². The van der Waals surface area contributed by atoms with Crippen LogP contribution in [0.5, 0.6) is 0 Å². The first kappa shape index (κ1) is 60.4. The Morgan fingerprint density at radius 1 is 0.531 bits per heavy atom. The van der Waals surface area contributed by atoms with Crippen LogP contribution in [0.2, 0.25) is 0 Å². The van der Waals surface area contributed by atoms with E-state index in [2.05, 4.69) is 24.5 Å². The molecular formula is C49H89N5O10. The number of nitrogens with one attached hydrogen (secondary N) is 2. The Hall–Kier alpha value is -3.56. The first-order valence-electron chi connectivity index (χ1n) is 24.4. The number of carbonyl (C=O) groups is 8. The molecule has 15 nitrogen and oxygen atoms in total. The van der Waals surface area contributed by atoms with Gasteiger partial charge in [-0.3, -0.25) is 38.4 Å². The maximum absolute atomic E-state index is 14.0. The number of likely N-dealkylation sites (N-methyl/N-ethyl adjacent to an activating group) is 1. The van der Waals surface area contributed by atoms with E-state index in [-0.39, 0.29) is 55.5 Å². The zero-order chi connectivity index (χ0) is 48.9. The molecule has 0 aliphatic heterocycles. The summed E-state index contributed by atoms with van der Waals surface area (Å²) in [6.45, 7) is 13.5. The number of carbonyl (C=O) groups excluding carboxylic acids is 8. The van der Waals surface area contributed by atoms with E-state index >= 15 is 0 Å². The molecule has 0 saturated carbocycles. The number of aliphatic hydroxyl groups is 2. The third kappa shape index (κ3) is 24.7. The zero-order valence-electron chi connectivity index (χ0n) is 41.1. The van der Waals surface area contributed by atoms with Gasteiger partial charge in [-0.1, -0.05) is 132 Å². The highest BCUT2D eigenvalue weighted by Crippen LogP contribution is 2.22. The van der Waals surface area contributed by atoms with Crippen molar-refractivity contribution >= 4 is 46.8 Å². The van der Waals surface area contributed by atoms with Crippen molar-refractivity contribution in [2.75, 3.05) is 20.3 Å². The summed E-state index contributed by atoms with van der Waals surface area (Å²) in [5.41, 5.74) is 11.6. The van der Waals surface area contributed by atoms with E-state index in [1.54, 1.807) is 13.8 Å². The highest BCUT2D eigenvalue weighted by Gasteiger charge is 2.36. The molecule has 0 bridgehead atoms. The summed E-state index contributed by atoms with van der Waals surface area (Å²) >= 11 is 0. The second-order valence-electron chi connectivity index (χ2n) is 19.2. The maximum Gasteiger partial charge on any atom is 0.228 e. The van der Waals surface area contributed by atoms with Gasteiger partial charge in [-0.05, 0) is 37.5 Å². The van der Waals surface area contributed by atoms with Crippen LogP contribution in [-0.4, -0.2) is 106 Å². The fraction of sp³-hybridized carbons (Fsp3) is 0.837. The molecule has 0 aliphatic carbocycles. The van der Waals surface area contributed by atoms with Crippen molar-refractivity contribution in [2.24, 2.45) is 47.0 Å². The van der Waals surface area contributed by atoms with Gasteiger partial charge in [0, 0.05) is 44.6 Å². The number of nitrogens with two attached hydrogens (primary N) is 2.